The second-order valence-electron chi connectivity index (χ2n) is 4.12. The van der Waals surface area contributed by atoms with E-state index in [-0.39, 0.29) is 6.61 Å². The Balaban J connectivity index is 2.12. The van der Waals surface area contributed by atoms with Crippen molar-refractivity contribution in [3.8, 4) is 5.75 Å². The number of aliphatic hydroxyl groups is 1. The van der Waals surface area contributed by atoms with E-state index in [1.54, 1.807) is 7.11 Å². The summed E-state index contributed by atoms with van der Waals surface area (Å²) in [6.45, 7) is 2.17. The molecule has 0 aromatic heterocycles. The van der Waals surface area contributed by atoms with Crippen molar-refractivity contribution < 1.29 is 19.3 Å². The van der Waals surface area contributed by atoms with Crippen molar-refractivity contribution in [3.05, 3.63) is 23.8 Å². The lowest BCUT2D eigenvalue weighted by Gasteiger charge is -2.08. The van der Waals surface area contributed by atoms with E-state index < -0.39 is 0 Å². The van der Waals surface area contributed by atoms with Gasteiger partial charge in [0.2, 0.25) is 0 Å². The standard InChI is InChI=1S/C14H23NO4/c1-17-13-5-4-12(14(15)11-13)3-2-7-18-9-10-19-8-6-16/h4-5,11,16H,2-3,6-10,15H2,1H3. The van der Waals surface area contributed by atoms with E-state index in [9.17, 15) is 0 Å². The van der Waals surface area contributed by atoms with Crippen LogP contribution in [0.25, 0.3) is 0 Å². The summed E-state index contributed by atoms with van der Waals surface area (Å²) in [5.74, 6) is 0.776. The van der Waals surface area contributed by atoms with Gasteiger partial charge in [0.1, 0.15) is 5.75 Å². The van der Waals surface area contributed by atoms with E-state index >= 15 is 0 Å². The second kappa shape index (κ2) is 9.61. The third-order valence-corrected chi connectivity index (χ3v) is 2.70. The highest BCUT2D eigenvalue weighted by Crippen LogP contribution is 2.20. The second-order valence-corrected chi connectivity index (χ2v) is 4.12. The number of rotatable bonds is 10. The summed E-state index contributed by atoms with van der Waals surface area (Å²) >= 11 is 0. The highest BCUT2D eigenvalue weighted by atomic mass is 16.5. The van der Waals surface area contributed by atoms with Crippen LogP contribution in [0.5, 0.6) is 5.75 Å². The lowest BCUT2D eigenvalue weighted by atomic mass is 10.1. The van der Waals surface area contributed by atoms with Gasteiger partial charge in [-0.25, -0.2) is 0 Å². The van der Waals surface area contributed by atoms with E-state index in [2.05, 4.69) is 0 Å². The maximum Gasteiger partial charge on any atom is 0.120 e. The molecule has 1 aromatic carbocycles. The molecule has 5 nitrogen and oxygen atoms in total. The zero-order valence-electron chi connectivity index (χ0n) is 11.4. The fourth-order valence-electron chi connectivity index (χ4n) is 1.68. The van der Waals surface area contributed by atoms with Gasteiger partial charge in [-0.1, -0.05) is 6.07 Å². The van der Waals surface area contributed by atoms with E-state index in [1.165, 1.54) is 0 Å². The Bertz CT molecular complexity index is 357. The Morgan fingerprint density at radius 1 is 1.11 bits per heavy atom. The third-order valence-electron chi connectivity index (χ3n) is 2.70. The molecule has 0 fully saturated rings. The first-order valence-electron chi connectivity index (χ1n) is 6.46. The Kier molecular flexibility index (Phi) is 7.97. The Morgan fingerprint density at radius 2 is 1.84 bits per heavy atom. The van der Waals surface area contributed by atoms with Crippen LogP contribution in [-0.4, -0.2) is 45.3 Å². The minimum atomic E-state index is 0.0523. The molecule has 0 aliphatic rings. The van der Waals surface area contributed by atoms with Crippen LogP contribution in [0.1, 0.15) is 12.0 Å². The number of nitrogens with two attached hydrogens (primary N) is 1. The summed E-state index contributed by atoms with van der Waals surface area (Å²) in [5, 5.41) is 8.51. The molecule has 0 amide bonds. The molecule has 0 bridgehead atoms. The van der Waals surface area contributed by atoms with E-state index in [4.69, 9.17) is 25.1 Å². The van der Waals surface area contributed by atoms with E-state index in [0.717, 1.165) is 29.8 Å². The number of benzene rings is 1. The molecule has 0 unspecified atom stereocenters. The quantitative estimate of drug-likeness (QED) is 0.494. The topological polar surface area (TPSA) is 73.9 Å². The van der Waals surface area contributed by atoms with Crippen LogP contribution in [0.4, 0.5) is 5.69 Å². The van der Waals surface area contributed by atoms with Gasteiger partial charge in [0, 0.05) is 18.4 Å². The molecular weight excluding hydrogens is 246 g/mol. The normalized spacial score (nSPS) is 10.6. The van der Waals surface area contributed by atoms with Crippen LogP contribution in [0.15, 0.2) is 18.2 Å². The maximum atomic E-state index is 8.51. The first-order valence-corrected chi connectivity index (χ1v) is 6.46. The van der Waals surface area contributed by atoms with Gasteiger partial charge in [-0.15, -0.1) is 0 Å². The number of aryl methyl sites for hydroxylation is 1. The molecule has 0 saturated carbocycles. The van der Waals surface area contributed by atoms with Crippen LogP contribution >= 0.6 is 0 Å². The van der Waals surface area contributed by atoms with Crippen molar-refractivity contribution in [2.75, 3.05) is 45.9 Å². The van der Waals surface area contributed by atoms with Gasteiger partial charge < -0.3 is 25.1 Å². The summed E-state index contributed by atoms with van der Waals surface area (Å²) in [6, 6.07) is 5.73. The Labute approximate surface area is 114 Å². The molecule has 1 rings (SSSR count). The summed E-state index contributed by atoms with van der Waals surface area (Å²) in [5.41, 5.74) is 7.80. The van der Waals surface area contributed by atoms with Crippen molar-refractivity contribution in [3.63, 3.8) is 0 Å². The van der Waals surface area contributed by atoms with Crippen molar-refractivity contribution in [1.82, 2.24) is 0 Å². The van der Waals surface area contributed by atoms with Gasteiger partial charge in [-0.05, 0) is 24.5 Å². The number of aliphatic hydroxyl groups excluding tert-OH is 1. The predicted molar refractivity (Wildman–Crippen MR) is 74.5 cm³/mol. The average molecular weight is 269 g/mol. The third kappa shape index (κ3) is 6.42. The van der Waals surface area contributed by atoms with Crippen molar-refractivity contribution in [1.29, 1.82) is 0 Å². The minimum Gasteiger partial charge on any atom is -0.497 e. The van der Waals surface area contributed by atoms with E-state index in [1.807, 2.05) is 18.2 Å². The van der Waals surface area contributed by atoms with Gasteiger partial charge in [0.15, 0.2) is 0 Å². The summed E-state index contributed by atoms with van der Waals surface area (Å²) in [6.07, 6.45) is 1.80. The minimum absolute atomic E-state index is 0.0523. The lowest BCUT2D eigenvalue weighted by molar-refractivity contribution is 0.0326. The summed E-state index contributed by atoms with van der Waals surface area (Å²) < 4.78 is 15.6. The zero-order valence-corrected chi connectivity index (χ0v) is 11.4. The smallest absolute Gasteiger partial charge is 0.120 e. The van der Waals surface area contributed by atoms with Gasteiger partial charge in [0.05, 0.1) is 33.5 Å². The number of methoxy groups -OCH3 is 1. The first-order chi connectivity index (χ1) is 9.27. The van der Waals surface area contributed by atoms with Gasteiger partial charge in [0.25, 0.3) is 0 Å². The van der Waals surface area contributed by atoms with Crippen LogP contribution < -0.4 is 10.5 Å². The van der Waals surface area contributed by atoms with Crippen LogP contribution in [0.3, 0.4) is 0 Å². The SMILES string of the molecule is COc1ccc(CCCOCCOCCO)c(N)c1. The number of hydrogen-bond acceptors (Lipinski definition) is 5. The van der Waals surface area contributed by atoms with Crippen LogP contribution in [-0.2, 0) is 15.9 Å². The molecule has 0 spiro atoms. The number of hydrogen-bond donors (Lipinski definition) is 2. The highest BCUT2D eigenvalue weighted by molar-refractivity contribution is 5.51. The molecule has 19 heavy (non-hydrogen) atoms. The molecule has 5 heteroatoms. The van der Waals surface area contributed by atoms with Crippen LogP contribution in [0.2, 0.25) is 0 Å². The van der Waals surface area contributed by atoms with Crippen molar-refractivity contribution in [2.24, 2.45) is 0 Å². The molecule has 0 atom stereocenters. The molecule has 0 aliphatic carbocycles. The molecule has 3 N–H and O–H groups in total. The molecule has 0 saturated heterocycles. The molecule has 0 radical (unpaired) electrons. The Hall–Kier alpha value is -1.30. The summed E-state index contributed by atoms with van der Waals surface area (Å²) in [7, 11) is 1.63. The fraction of sp³-hybridized carbons (Fsp3) is 0.571. The average Bonchev–Trinajstić information content (AvgIpc) is 2.43. The maximum absolute atomic E-state index is 8.51. The van der Waals surface area contributed by atoms with Crippen molar-refractivity contribution >= 4 is 5.69 Å². The van der Waals surface area contributed by atoms with Gasteiger partial charge in [-0.2, -0.15) is 0 Å². The predicted octanol–water partition coefficient (Wildman–Crippen LogP) is 1.24. The molecular formula is C14H23NO4. The number of nitrogen functional groups attached to an aromatic ring is 1. The Morgan fingerprint density at radius 3 is 2.47 bits per heavy atom. The summed E-state index contributed by atoms with van der Waals surface area (Å²) in [4.78, 5) is 0. The first kappa shape index (κ1) is 15.8. The van der Waals surface area contributed by atoms with Gasteiger partial charge >= 0.3 is 0 Å². The largest absolute Gasteiger partial charge is 0.497 e. The fourth-order valence-corrected chi connectivity index (χ4v) is 1.68. The molecule has 108 valence electrons. The molecule has 0 heterocycles. The number of anilines is 1. The monoisotopic (exact) mass is 269 g/mol. The number of ether oxygens (including phenoxy) is 3. The van der Waals surface area contributed by atoms with E-state index in [0.29, 0.717) is 26.4 Å². The van der Waals surface area contributed by atoms with Crippen LogP contribution in [0, 0.1) is 0 Å². The molecule has 1 aromatic rings. The molecule has 0 aliphatic heterocycles. The van der Waals surface area contributed by atoms with Crippen molar-refractivity contribution in [2.45, 2.75) is 12.8 Å². The lowest BCUT2D eigenvalue weighted by Crippen LogP contribution is -2.08. The highest BCUT2D eigenvalue weighted by Gasteiger charge is 2.01. The van der Waals surface area contributed by atoms with Gasteiger partial charge in [-0.3, -0.25) is 0 Å². The zero-order chi connectivity index (χ0) is 13.9.